The summed E-state index contributed by atoms with van der Waals surface area (Å²) in [5, 5.41) is 1.58. The first kappa shape index (κ1) is 24.9. The summed E-state index contributed by atoms with van der Waals surface area (Å²) in [6.45, 7) is 5.01. The molecule has 0 nitrogen and oxygen atoms in total. The van der Waals surface area contributed by atoms with E-state index in [1.54, 1.807) is 16.3 Å². The molecule has 23 heavy (non-hydrogen) atoms. The quantitative estimate of drug-likeness (QED) is 0.471. The molecule has 0 fully saturated rings. The Balaban J connectivity index is 0. The molecule has 0 bridgehead atoms. The fourth-order valence-corrected chi connectivity index (χ4v) is 6.23. The van der Waals surface area contributed by atoms with E-state index in [2.05, 4.69) is 55.6 Å². The third-order valence-electron chi connectivity index (χ3n) is 4.70. The van der Waals surface area contributed by atoms with E-state index in [1.807, 2.05) is 0 Å². The molecule has 2 heteroatoms. The number of benzene rings is 1. The van der Waals surface area contributed by atoms with Crippen LogP contribution in [0.1, 0.15) is 25.7 Å². The summed E-state index contributed by atoms with van der Waals surface area (Å²) in [6, 6.07) is 12.5. The van der Waals surface area contributed by atoms with Crippen LogP contribution in [0.15, 0.2) is 47.6 Å². The Bertz CT molecular complexity index is 514. The Labute approximate surface area is 161 Å². The van der Waals surface area contributed by atoms with E-state index >= 15 is 0 Å². The molecule has 0 aromatic heterocycles. The van der Waals surface area contributed by atoms with Crippen LogP contribution in [0.2, 0.25) is 19.1 Å². The van der Waals surface area contributed by atoms with Crippen LogP contribution in [0, 0.1) is 34.3 Å². The zero-order valence-electron chi connectivity index (χ0n) is 15.6. The molecule has 0 spiro atoms. The van der Waals surface area contributed by atoms with Crippen LogP contribution in [0.3, 0.4) is 0 Å². The first-order valence-corrected chi connectivity index (χ1v) is 10.7. The Morgan fingerprint density at radius 1 is 1.00 bits per heavy atom. The second-order valence-corrected chi connectivity index (χ2v) is 11.3. The monoisotopic (exact) mass is 360 g/mol. The van der Waals surface area contributed by atoms with Gasteiger partial charge in [-0.25, -0.2) is 6.08 Å². The summed E-state index contributed by atoms with van der Waals surface area (Å²) in [4.78, 5) is 0. The van der Waals surface area contributed by atoms with Crippen molar-refractivity contribution in [3.05, 3.63) is 75.9 Å². The van der Waals surface area contributed by atoms with Crippen LogP contribution in [-0.4, -0.2) is 8.07 Å². The van der Waals surface area contributed by atoms with Crippen molar-refractivity contribution in [2.24, 2.45) is 5.92 Å². The van der Waals surface area contributed by atoms with Gasteiger partial charge in [-0.1, -0.05) is 79.8 Å². The minimum absolute atomic E-state index is 0. The van der Waals surface area contributed by atoms with Gasteiger partial charge in [0.05, 0.1) is 8.07 Å². The second-order valence-electron chi connectivity index (χ2n) is 6.58. The second kappa shape index (κ2) is 10.5. The van der Waals surface area contributed by atoms with Crippen LogP contribution < -0.4 is 5.19 Å². The van der Waals surface area contributed by atoms with Crippen molar-refractivity contribution in [1.29, 1.82) is 0 Å². The fraction of sp³-hybridized carbons (Fsp3) is 0.381. The number of hydrogen-bond donors (Lipinski definition) is 0. The predicted molar refractivity (Wildman–Crippen MR) is 104 cm³/mol. The average Bonchev–Trinajstić information content (AvgIpc) is 2.83. The molecule has 0 saturated heterocycles. The van der Waals surface area contributed by atoms with Crippen LogP contribution >= 0.6 is 0 Å². The minimum atomic E-state index is -1.34. The van der Waals surface area contributed by atoms with Crippen molar-refractivity contribution in [3.63, 3.8) is 0 Å². The smallest absolute Gasteiger partial charge is 0.358 e. The van der Waals surface area contributed by atoms with Crippen LogP contribution in [0.4, 0.5) is 0 Å². The SMILES string of the molecule is C[Si](C)(CC1[C-]=CC2=C1CCCC2)c1ccccc1.[CH3-].[CH3-].[CH3-].[Ti+4]. The minimum Gasteiger partial charge on any atom is -0.358 e. The number of hydrogen-bond acceptors (Lipinski definition) is 0. The summed E-state index contributed by atoms with van der Waals surface area (Å²) < 4.78 is 0. The van der Waals surface area contributed by atoms with Gasteiger partial charge in [0.25, 0.3) is 0 Å². The van der Waals surface area contributed by atoms with Gasteiger partial charge in [-0.15, -0.1) is 0 Å². The van der Waals surface area contributed by atoms with Crippen LogP contribution in [0.5, 0.6) is 0 Å². The maximum absolute atomic E-state index is 3.66. The molecule has 2 aliphatic carbocycles. The molecule has 0 saturated carbocycles. The van der Waals surface area contributed by atoms with Crippen molar-refractivity contribution in [1.82, 2.24) is 0 Å². The molecule has 1 unspecified atom stereocenters. The van der Waals surface area contributed by atoms with E-state index in [1.165, 1.54) is 31.7 Å². The standard InChI is InChI=1S/C18H23Si.3CH3.Ti/c1-19(2,17-9-4-3-5-10-17)14-16-13-12-15-8-6-7-11-18(15)16;;;;/h3-5,9-10,12,16H,6-8,11,14H2,1-2H3;3*1H3;/q4*-1;+4. The maximum Gasteiger partial charge on any atom is 4.00 e. The van der Waals surface area contributed by atoms with Gasteiger partial charge in [0.15, 0.2) is 0 Å². The Morgan fingerprint density at radius 2 is 1.61 bits per heavy atom. The summed E-state index contributed by atoms with van der Waals surface area (Å²) in [5.74, 6) is 0.622. The molecule has 3 rings (SSSR count). The van der Waals surface area contributed by atoms with Gasteiger partial charge >= 0.3 is 21.7 Å². The predicted octanol–water partition coefficient (Wildman–Crippen LogP) is 5.81. The molecule has 124 valence electrons. The number of rotatable bonds is 3. The molecule has 1 atom stereocenters. The van der Waals surface area contributed by atoms with Crippen molar-refractivity contribution in [2.45, 2.75) is 44.8 Å². The topological polar surface area (TPSA) is 0 Å². The van der Waals surface area contributed by atoms with Gasteiger partial charge in [0, 0.05) is 0 Å². The van der Waals surface area contributed by atoms with E-state index in [9.17, 15) is 0 Å². The molecule has 0 radical (unpaired) electrons. The third kappa shape index (κ3) is 5.59. The molecular formula is C21H32SiTi. The summed E-state index contributed by atoms with van der Waals surface area (Å²) in [7, 11) is -1.34. The summed E-state index contributed by atoms with van der Waals surface area (Å²) in [6.07, 6.45) is 11.3. The zero-order valence-corrected chi connectivity index (χ0v) is 18.1. The molecule has 1 aromatic carbocycles. The van der Waals surface area contributed by atoms with E-state index in [-0.39, 0.29) is 44.0 Å². The fourth-order valence-electron chi connectivity index (χ4n) is 3.52. The van der Waals surface area contributed by atoms with Crippen LogP contribution in [0.25, 0.3) is 0 Å². The molecule has 0 heterocycles. The first-order chi connectivity index (χ1) is 9.17. The zero-order chi connectivity index (χ0) is 13.3. The Morgan fingerprint density at radius 3 is 2.26 bits per heavy atom. The van der Waals surface area contributed by atoms with Gasteiger partial charge in [0.1, 0.15) is 0 Å². The summed E-state index contributed by atoms with van der Waals surface area (Å²) >= 11 is 0. The number of allylic oxidation sites excluding steroid dienone is 4. The van der Waals surface area contributed by atoms with Crippen LogP contribution in [-0.2, 0) is 21.7 Å². The molecule has 0 amide bonds. The maximum atomic E-state index is 3.66. The first-order valence-electron chi connectivity index (χ1n) is 7.53. The summed E-state index contributed by atoms with van der Waals surface area (Å²) in [5.41, 5.74) is 3.34. The average molecular weight is 360 g/mol. The van der Waals surface area contributed by atoms with E-state index in [0.717, 1.165) is 0 Å². The van der Waals surface area contributed by atoms with Crippen molar-refractivity contribution in [3.8, 4) is 0 Å². The van der Waals surface area contributed by atoms with E-state index in [4.69, 9.17) is 0 Å². The molecule has 2 aliphatic rings. The normalized spacial score (nSPS) is 18.8. The Hall–Kier alpha value is -0.369. The van der Waals surface area contributed by atoms with Crippen molar-refractivity contribution in [2.75, 3.05) is 0 Å². The van der Waals surface area contributed by atoms with Crippen molar-refractivity contribution < 1.29 is 21.7 Å². The van der Waals surface area contributed by atoms with E-state index < -0.39 is 8.07 Å². The molecular weight excluding hydrogens is 328 g/mol. The van der Waals surface area contributed by atoms with Gasteiger partial charge in [0.2, 0.25) is 0 Å². The molecule has 0 N–H and O–H groups in total. The van der Waals surface area contributed by atoms with E-state index in [0.29, 0.717) is 5.92 Å². The van der Waals surface area contributed by atoms with Gasteiger partial charge < -0.3 is 22.3 Å². The largest absolute Gasteiger partial charge is 4.00 e. The molecule has 1 aromatic rings. The van der Waals surface area contributed by atoms with Gasteiger partial charge in [-0.2, -0.15) is 11.1 Å². The molecule has 0 aliphatic heterocycles. The Kier molecular flexibility index (Phi) is 11.3. The van der Waals surface area contributed by atoms with Gasteiger partial charge in [-0.3, -0.25) is 6.08 Å². The van der Waals surface area contributed by atoms with Crippen molar-refractivity contribution >= 4 is 13.3 Å². The van der Waals surface area contributed by atoms with Gasteiger partial charge in [-0.05, 0) is 6.42 Å². The third-order valence-corrected chi connectivity index (χ3v) is 8.03.